The second kappa shape index (κ2) is 7.93. The van der Waals surface area contributed by atoms with Gasteiger partial charge in [0.25, 0.3) is 0 Å². The fraction of sp³-hybridized carbons (Fsp3) is 0.667. The largest absolute Gasteiger partial charge is 0.481 e. The van der Waals surface area contributed by atoms with E-state index in [9.17, 15) is 23.1 Å². The maximum absolute atomic E-state index is 13.1. The Balaban J connectivity index is 1.64. The van der Waals surface area contributed by atoms with E-state index < -0.39 is 12.3 Å². The van der Waals surface area contributed by atoms with E-state index in [0.29, 0.717) is 12.2 Å². The van der Waals surface area contributed by atoms with Crippen molar-refractivity contribution in [3.8, 4) is 5.75 Å². The number of rotatable bonds is 5. The number of nitrogens with zero attached hydrogens (tertiary/aromatic N) is 1. The third-order valence-electron chi connectivity index (χ3n) is 6.38. The summed E-state index contributed by atoms with van der Waals surface area (Å²) in [5.41, 5.74) is 0.328. The van der Waals surface area contributed by atoms with E-state index in [1.165, 1.54) is 12.1 Å². The lowest BCUT2D eigenvalue weighted by Crippen LogP contribution is -2.39. The van der Waals surface area contributed by atoms with E-state index in [4.69, 9.17) is 4.74 Å². The van der Waals surface area contributed by atoms with Gasteiger partial charge in [-0.2, -0.15) is 13.2 Å². The first-order chi connectivity index (χ1) is 13.2. The molecule has 28 heavy (non-hydrogen) atoms. The number of hydrogen-bond donors (Lipinski definition) is 1. The summed E-state index contributed by atoms with van der Waals surface area (Å²) in [5, 5.41) is 10.1. The summed E-state index contributed by atoms with van der Waals surface area (Å²) in [6, 6.07) is 6.23. The number of alkyl halides is 3. The summed E-state index contributed by atoms with van der Waals surface area (Å²) >= 11 is 0. The molecule has 1 aliphatic heterocycles. The molecule has 7 heteroatoms. The lowest BCUT2D eigenvalue weighted by Gasteiger charge is -2.37. The van der Waals surface area contributed by atoms with E-state index in [1.807, 2.05) is 6.92 Å². The summed E-state index contributed by atoms with van der Waals surface area (Å²) in [5.74, 6) is 0.489. The highest BCUT2D eigenvalue weighted by Gasteiger charge is 2.49. The van der Waals surface area contributed by atoms with E-state index in [1.54, 1.807) is 17.0 Å². The van der Waals surface area contributed by atoms with Gasteiger partial charge in [0.1, 0.15) is 5.75 Å². The van der Waals surface area contributed by atoms with Gasteiger partial charge in [-0.1, -0.05) is 6.92 Å². The second-order valence-electron chi connectivity index (χ2n) is 8.10. The summed E-state index contributed by atoms with van der Waals surface area (Å²) in [6.45, 7) is 3.55. The topological polar surface area (TPSA) is 49.8 Å². The fourth-order valence-corrected chi connectivity index (χ4v) is 4.42. The Morgan fingerprint density at radius 3 is 2.36 bits per heavy atom. The molecule has 0 aromatic heterocycles. The molecule has 1 aromatic rings. The molecular formula is C21H28F3NO3. The van der Waals surface area contributed by atoms with Gasteiger partial charge in [-0.25, -0.2) is 0 Å². The molecule has 2 aliphatic rings. The lowest BCUT2D eigenvalue weighted by atomic mass is 9.68. The van der Waals surface area contributed by atoms with Gasteiger partial charge in [0.05, 0.1) is 11.5 Å². The molecule has 1 N–H and O–H groups in total. The first kappa shape index (κ1) is 21.0. The quantitative estimate of drug-likeness (QED) is 0.781. The van der Waals surface area contributed by atoms with Crippen LogP contribution < -0.4 is 9.64 Å². The van der Waals surface area contributed by atoms with Crippen LogP contribution >= 0.6 is 0 Å². The molecule has 1 amide bonds. The highest BCUT2D eigenvalue weighted by molar-refractivity contribution is 6.00. The van der Waals surface area contributed by atoms with Crippen LogP contribution in [0.25, 0.3) is 0 Å². The summed E-state index contributed by atoms with van der Waals surface area (Å²) in [7, 11) is 0. The van der Waals surface area contributed by atoms with Crippen molar-refractivity contribution in [3.05, 3.63) is 24.3 Å². The molecule has 2 atom stereocenters. The zero-order chi connectivity index (χ0) is 20.5. The zero-order valence-corrected chi connectivity index (χ0v) is 16.3. The fourth-order valence-electron chi connectivity index (χ4n) is 4.42. The van der Waals surface area contributed by atoms with Crippen molar-refractivity contribution < 1.29 is 27.8 Å². The Morgan fingerprint density at radius 2 is 1.82 bits per heavy atom. The van der Waals surface area contributed by atoms with Gasteiger partial charge in [-0.3, -0.25) is 4.79 Å². The normalized spacial score (nSPS) is 27.9. The number of benzene rings is 1. The average Bonchev–Trinajstić information content (AvgIpc) is 2.98. The second-order valence-corrected chi connectivity index (χ2v) is 8.10. The molecule has 156 valence electrons. The molecule has 1 saturated carbocycles. The van der Waals surface area contributed by atoms with Crippen molar-refractivity contribution in [1.29, 1.82) is 0 Å². The molecule has 0 bridgehead atoms. The van der Waals surface area contributed by atoms with Gasteiger partial charge >= 0.3 is 6.18 Å². The van der Waals surface area contributed by atoms with Crippen LogP contribution in [0.1, 0.15) is 52.4 Å². The molecule has 2 fully saturated rings. The third-order valence-corrected chi connectivity index (χ3v) is 6.38. The van der Waals surface area contributed by atoms with E-state index in [2.05, 4.69) is 0 Å². The van der Waals surface area contributed by atoms with Crippen LogP contribution in [-0.4, -0.2) is 35.9 Å². The molecular weight excluding hydrogens is 371 g/mol. The van der Waals surface area contributed by atoms with Gasteiger partial charge in [-0.05, 0) is 75.6 Å². The number of ether oxygens (including phenoxy) is 1. The van der Waals surface area contributed by atoms with E-state index in [0.717, 1.165) is 45.4 Å². The van der Waals surface area contributed by atoms with Crippen LogP contribution in [0.15, 0.2) is 24.3 Å². The summed E-state index contributed by atoms with van der Waals surface area (Å²) in [4.78, 5) is 14.8. The maximum Gasteiger partial charge on any atom is 0.425 e. The number of aliphatic hydroxyl groups excluding tert-OH is 1. The number of anilines is 1. The molecule has 4 nitrogen and oxygen atoms in total. The third kappa shape index (κ3) is 4.14. The zero-order valence-electron chi connectivity index (χ0n) is 16.3. The van der Waals surface area contributed by atoms with Crippen LogP contribution in [-0.2, 0) is 4.79 Å². The van der Waals surface area contributed by atoms with Crippen molar-refractivity contribution in [2.75, 3.05) is 11.4 Å². The smallest absolute Gasteiger partial charge is 0.425 e. The first-order valence-electron chi connectivity index (χ1n) is 10.00. The van der Waals surface area contributed by atoms with Crippen LogP contribution in [0.2, 0.25) is 0 Å². The Bertz CT molecular complexity index is 681. The Morgan fingerprint density at radius 1 is 1.21 bits per heavy atom. The molecule has 1 aromatic carbocycles. The van der Waals surface area contributed by atoms with Gasteiger partial charge in [0, 0.05) is 12.2 Å². The molecule has 3 rings (SSSR count). The van der Waals surface area contributed by atoms with Crippen LogP contribution in [0.5, 0.6) is 5.75 Å². The summed E-state index contributed by atoms with van der Waals surface area (Å²) in [6.07, 6.45) is -1.79. The van der Waals surface area contributed by atoms with E-state index >= 15 is 0 Å². The number of carbonyl (C=O) groups is 1. The minimum atomic E-state index is -4.42. The number of hydrogen-bond acceptors (Lipinski definition) is 3. The standard InChI is InChI=1S/C21H28F3NO3/c1-3-18(26)15-8-10-20(11-9-15)12-13-25(19(20)27)16-4-6-17(7-5-16)28-14(2)21(22,23)24/h4-7,14-15,18,26H,3,8-13H2,1-2H3/t14-,15-,18+,20-/m1/s1. The van der Waals surface area contributed by atoms with Crippen molar-refractivity contribution in [2.24, 2.45) is 11.3 Å². The minimum Gasteiger partial charge on any atom is -0.481 e. The number of halogens is 3. The van der Waals surface area contributed by atoms with Crippen molar-refractivity contribution in [1.82, 2.24) is 0 Å². The molecule has 1 aliphatic carbocycles. The van der Waals surface area contributed by atoms with Crippen molar-refractivity contribution in [2.45, 2.75) is 70.8 Å². The number of amides is 1. The van der Waals surface area contributed by atoms with Crippen LogP contribution in [0.3, 0.4) is 0 Å². The molecule has 0 unspecified atom stereocenters. The molecule has 1 saturated heterocycles. The highest BCUT2D eigenvalue weighted by Crippen LogP contribution is 2.48. The van der Waals surface area contributed by atoms with Gasteiger partial charge in [0.2, 0.25) is 5.91 Å². The predicted molar refractivity (Wildman–Crippen MR) is 100 cm³/mol. The van der Waals surface area contributed by atoms with Gasteiger partial charge in [-0.15, -0.1) is 0 Å². The highest BCUT2D eigenvalue weighted by atomic mass is 19.4. The maximum atomic E-state index is 13.1. The predicted octanol–water partition coefficient (Wildman–Crippen LogP) is 4.70. The van der Waals surface area contributed by atoms with Crippen molar-refractivity contribution in [3.63, 3.8) is 0 Å². The van der Waals surface area contributed by atoms with Crippen LogP contribution in [0, 0.1) is 11.3 Å². The van der Waals surface area contributed by atoms with Crippen molar-refractivity contribution >= 4 is 11.6 Å². The Kier molecular flexibility index (Phi) is 5.94. The van der Waals surface area contributed by atoms with E-state index in [-0.39, 0.29) is 29.1 Å². The first-order valence-corrected chi connectivity index (χ1v) is 10.00. The van der Waals surface area contributed by atoms with Gasteiger partial charge in [0.15, 0.2) is 6.10 Å². The summed E-state index contributed by atoms with van der Waals surface area (Å²) < 4.78 is 42.8. The Labute approximate surface area is 163 Å². The SMILES string of the molecule is CC[C@H](O)[C@H]1CC[C@@]2(CCN(c3ccc(O[C@H](C)C(F)(F)F)cc3)C2=O)CC1. The average molecular weight is 399 g/mol. The molecule has 0 radical (unpaired) electrons. The molecule has 1 heterocycles. The Hall–Kier alpha value is -1.76. The minimum absolute atomic E-state index is 0.0919. The number of carbonyl (C=O) groups excluding carboxylic acids is 1. The van der Waals surface area contributed by atoms with Gasteiger partial charge < -0.3 is 14.7 Å². The number of aliphatic hydroxyl groups is 1. The van der Waals surface area contributed by atoms with Crippen LogP contribution in [0.4, 0.5) is 18.9 Å². The lowest BCUT2D eigenvalue weighted by molar-refractivity contribution is -0.189. The molecule has 1 spiro atoms. The monoisotopic (exact) mass is 399 g/mol.